The van der Waals surface area contributed by atoms with Crippen molar-refractivity contribution in [2.45, 2.75) is 46.6 Å². The molecule has 1 aromatic rings. The van der Waals surface area contributed by atoms with Gasteiger partial charge in [0.05, 0.1) is 6.10 Å². The van der Waals surface area contributed by atoms with E-state index in [1.165, 1.54) is 0 Å². The van der Waals surface area contributed by atoms with Crippen LogP contribution in [0.25, 0.3) is 0 Å². The first kappa shape index (κ1) is 16.0. The average Bonchev–Trinajstić information content (AvgIpc) is 2.13. The highest BCUT2D eigenvalue weighted by atomic mass is 79.9. The fraction of sp³-hybridized carbons (Fsp3) is 0.600. The zero-order valence-electron chi connectivity index (χ0n) is 11.5. The predicted octanol–water partition coefficient (Wildman–Crippen LogP) is 5.60. The first-order valence-electron chi connectivity index (χ1n) is 6.32. The van der Waals surface area contributed by atoms with E-state index in [0.29, 0.717) is 10.9 Å². The van der Waals surface area contributed by atoms with Gasteiger partial charge in [0, 0.05) is 15.1 Å². The molecule has 0 saturated heterocycles. The lowest BCUT2D eigenvalue weighted by Crippen LogP contribution is -2.14. The lowest BCUT2D eigenvalue weighted by Gasteiger charge is -2.25. The zero-order chi connectivity index (χ0) is 13.9. The van der Waals surface area contributed by atoms with E-state index in [1.54, 1.807) is 0 Å². The zero-order valence-corrected chi connectivity index (χ0v) is 13.8. The summed E-state index contributed by atoms with van der Waals surface area (Å²) in [5.74, 6) is 0.461. The molecule has 3 heteroatoms. The van der Waals surface area contributed by atoms with Crippen molar-refractivity contribution in [2.75, 3.05) is 0 Å². The molecule has 0 aliphatic carbocycles. The fourth-order valence-corrected chi connectivity index (χ4v) is 3.50. The van der Waals surface area contributed by atoms with Crippen LogP contribution in [-0.4, -0.2) is 5.11 Å². The van der Waals surface area contributed by atoms with E-state index in [0.717, 1.165) is 22.9 Å². The molecule has 0 bridgehead atoms. The number of halogens is 2. The van der Waals surface area contributed by atoms with Gasteiger partial charge in [0.15, 0.2) is 0 Å². The Kier molecular flexibility index (Phi) is 5.69. The number of hydrogen-bond acceptors (Lipinski definition) is 1. The van der Waals surface area contributed by atoms with Crippen molar-refractivity contribution in [1.82, 2.24) is 0 Å². The SMILES string of the molecule is CC(CC(O)c1c(Cl)cccc1Br)CC(C)(C)C. The monoisotopic (exact) mass is 332 g/mol. The molecule has 1 N–H and O–H groups in total. The third-order valence-corrected chi connectivity index (χ3v) is 3.94. The molecule has 102 valence electrons. The number of benzene rings is 1. The second kappa shape index (κ2) is 6.40. The third kappa shape index (κ3) is 4.91. The molecule has 0 fully saturated rings. The minimum absolute atomic E-state index is 0.289. The molecule has 0 aromatic heterocycles. The normalized spacial score (nSPS) is 15.5. The van der Waals surface area contributed by atoms with Crippen molar-refractivity contribution < 1.29 is 5.11 Å². The fourth-order valence-electron chi connectivity index (χ4n) is 2.46. The van der Waals surface area contributed by atoms with Gasteiger partial charge in [-0.15, -0.1) is 0 Å². The third-order valence-electron chi connectivity index (χ3n) is 2.92. The summed E-state index contributed by atoms with van der Waals surface area (Å²) < 4.78 is 0.880. The van der Waals surface area contributed by atoms with Crippen LogP contribution in [-0.2, 0) is 0 Å². The second-order valence-electron chi connectivity index (χ2n) is 6.26. The van der Waals surface area contributed by atoms with Crippen LogP contribution < -0.4 is 0 Å². The van der Waals surface area contributed by atoms with Gasteiger partial charge >= 0.3 is 0 Å². The molecule has 0 radical (unpaired) electrons. The molecule has 0 spiro atoms. The highest BCUT2D eigenvalue weighted by Crippen LogP contribution is 2.36. The predicted molar refractivity (Wildman–Crippen MR) is 82.0 cm³/mol. The Morgan fingerprint density at radius 2 is 1.94 bits per heavy atom. The highest BCUT2D eigenvalue weighted by Gasteiger charge is 2.21. The molecule has 0 amide bonds. The van der Waals surface area contributed by atoms with E-state index in [4.69, 9.17) is 11.6 Å². The molecule has 1 aromatic carbocycles. The van der Waals surface area contributed by atoms with Crippen molar-refractivity contribution in [3.63, 3.8) is 0 Å². The molecule has 2 atom stereocenters. The van der Waals surface area contributed by atoms with Crippen LogP contribution in [0.15, 0.2) is 22.7 Å². The number of rotatable bonds is 4. The maximum Gasteiger partial charge on any atom is 0.0818 e. The Hall–Kier alpha value is -0.0500. The largest absolute Gasteiger partial charge is 0.388 e. The Labute approximate surface area is 124 Å². The minimum atomic E-state index is -0.509. The van der Waals surface area contributed by atoms with Crippen LogP contribution in [0.1, 0.15) is 52.2 Å². The highest BCUT2D eigenvalue weighted by molar-refractivity contribution is 9.10. The smallest absolute Gasteiger partial charge is 0.0818 e. The summed E-state index contributed by atoms with van der Waals surface area (Å²) in [4.78, 5) is 0. The molecule has 0 heterocycles. The Bertz CT molecular complexity index is 378. The summed E-state index contributed by atoms with van der Waals surface area (Å²) in [6, 6.07) is 5.61. The quantitative estimate of drug-likeness (QED) is 0.760. The van der Waals surface area contributed by atoms with E-state index in [-0.39, 0.29) is 5.41 Å². The van der Waals surface area contributed by atoms with Gasteiger partial charge < -0.3 is 5.11 Å². The van der Waals surface area contributed by atoms with E-state index < -0.39 is 6.10 Å². The Morgan fingerprint density at radius 3 is 2.44 bits per heavy atom. The van der Waals surface area contributed by atoms with Crippen LogP contribution in [0, 0.1) is 11.3 Å². The maximum absolute atomic E-state index is 10.3. The molecule has 1 rings (SSSR count). The number of aliphatic hydroxyl groups excluding tert-OH is 1. The van der Waals surface area contributed by atoms with Crippen LogP contribution in [0.2, 0.25) is 5.02 Å². The number of aliphatic hydroxyl groups is 1. The van der Waals surface area contributed by atoms with E-state index in [9.17, 15) is 5.11 Å². The minimum Gasteiger partial charge on any atom is -0.388 e. The molecule has 1 nitrogen and oxygen atoms in total. The van der Waals surface area contributed by atoms with Crippen LogP contribution >= 0.6 is 27.5 Å². The Morgan fingerprint density at radius 1 is 1.33 bits per heavy atom. The molecule has 0 aliphatic rings. The lowest BCUT2D eigenvalue weighted by molar-refractivity contribution is 0.133. The van der Waals surface area contributed by atoms with Gasteiger partial charge in [0.1, 0.15) is 0 Å². The molecule has 0 aliphatic heterocycles. The first-order valence-corrected chi connectivity index (χ1v) is 7.50. The van der Waals surface area contributed by atoms with Gasteiger partial charge in [0.2, 0.25) is 0 Å². The maximum atomic E-state index is 10.3. The van der Waals surface area contributed by atoms with E-state index >= 15 is 0 Å². The molecular formula is C15H22BrClO. The van der Waals surface area contributed by atoms with Crippen molar-refractivity contribution in [2.24, 2.45) is 11.3 Å². The van der Waals surface area contributed by atoms with E-state index in [1.807, 2.05) is 18.2 Å². The number of hydrogen-bond donors (Lipinski definition) is 1. The summed E-state index contributed by atoms with van der Waals surface area (Å²) >= 11 is 9.61. The van der Waals surface area contributed by atoms with Crippen molar-refractivity contribution >= 4 is 27.5 Å². The molecule has 0 saturated carbocycles. The Balaban J connectivity index is 2.74. The lowest BCUT2D eigenvalue weighted by atomic mass is 9.82. The van der Waals surface area contributed by atoms with Crippen LogP contribution in [0.5, 0.6) is 0 Å². The van der Waals surface area contributed by atoms with Gasteiger partial charge in [-0.05, 0) is 36.3 Å². The van der Waals surface area contributed by atoms with Gasteiger partial charge in [-0.2, -0.15) is 0 Å². The first-order chi connectivity index (χ1) is 8.20. The second-order valence-corrected chi connectivity index (χ2v) is 7.52. The summed E-state index contributed by atoms with van der Waals surface area (Å²) in [6.45, 7) is 8.85. The van der Waals surface area contributed by atoms with Gasteiger partial charge in [-0.1, -0.05) is 61.3 Å². The van der Waals surface area contributed by atoms with Crippen molar-refractivity contribution in [3.05, 3.63) is 33.3 Å². The summed E-state index contributed by atoms with van der Waals surface area (Å²) in [7, 11) is 0. The molecule has 2 unspecified atom stereocenters. The summed E-state index contributed by atoms with van der Waals surface area (Å²) in [5.41, 5.74) is 1.09. The average molecular weight is 334 g/mol. The molecule has 18 heavy (non-hydrogen) atoms. The van der Waals surface area contributed by atoms with Gasteiger partial charge in [-0.25, -0.2) is 0 Å². The summed E-state index contributed by atoms with van der Waals surface area (Å²) in [6.07, 6.45) is 1.32. The van der Waals surface area contributed by atoms with Crippen LogP contribution in [0.4, 0.5) is 0 Å². The topological polar surface area (TPSA) is 20.2 Å². The van der Waals surface area contributed by atoms with Crippen molar-refractivity contribution in [1.29, 1.82) is 0 Å². The van der Waals surface area contributed by atoms with Gasteiger partial charge in [-0.3, -0.25) is 0 Å². The van der Waals surface area contributed by atoms with Crippen molar-refractivity contribution in [3.8, 4) is 0 Å². The van der Waals surface area contributed by atoms with E-state index in [2.05, 4.69) is 43.6 Å². The van der Waals surface area contributed by atoms with Crippen LogP contribution in [0.3, 0.4) is 0 Å². The summed E-state index contributed by atoms with van der Waals surface area (Å²) in [5, 5.41) is 11.0. The standard InChI is InChI=1S/C15H22BrClO/c1-10(9-15(2,3)4)8-13(18)14-11(16)6-5-7-12(14)17/h5-7,10,13,18H,8-9H2,1-4H3. The molecular weight excluding hydrogens is 312 g/mol. The van der Waals surface area contributed by atoms with Gasteiger partial charge in [0.25, 0.3) is 0 Å².